The first-order valence-corrected chi connectivity index (χ1v) is 11.3. The Labute approximate surface area is 157 Å². The van der Waals surface area contributed by atoms with Crippen molar-refractivity contribution in [3.05, 3.63) is 0 Å². The van der Waals surface area contributed by atoms with E-state index in [9.17, 15) is 28.9 Å². The molecule has 0 saturated carbocycles. The molecule has 0 aliphatic carbocycles. The van der Waals surface area contributed by atoms with Crippen LogP contribution < -0.4 is 22.5 Å². The number of carbonyl (C=O) groups excluding carboxylic acids is 2. The Kier molecular flexibility index (Phi) is 10.00. The van der Waals surface area contributed by atoms with E-state index in [0.29, 0.717) is 12.8 Å². The summed E-state index contributed by atoms with van der Waals surface area (Å²) in [5.41, 5.74) is 15.1. The van der Waals surface area contributed by atoms with E-state index < -0.39 is 54.6 Å². The number of carboxylic acids is 1. The van der Waals surface area contributed by atoms with E-state index in [4.69, 9.17) is 17.2 Å². The number of amides is 1. The third-order valence-corrected chi connectivity index (χ3v) is 6.74. The molecule has 0 bridgehead atoms. The second kappa shape index (κ2) is 10.4. The number of Topliss-reactive ketones (excluding diaryl/α,β-unsaturated/α-hetero) is 1. The van der Waals surface area contributed by atoms with Crippen LogP contribution in [-0.2, 0) is 18.9 Å². The van der Waals surface area contributed by atoms with Gasteiger partial charge in [0.25, 0.3) is 0 Å². The zero-order valence-electron chi connectivity index (χ0n) is 15.2. The molecule has 0 saturated heterocycles. The molecule has 9 N–H and O–H groups in total. The van der Waals surface area contributed by atoms with Crippen molar-refractivity contribution in [2.24, 2.45) is 17.2 Å². The minimum absolute atomic E-state index is 0.120. The molecule has 5 atom stereocenters. The number of hydrogen-bond donors (Lipinski definition) is 6. The molecule has 0 spiro atoms. The minimum Gasteiger partial charge on any atom is -0.480 e. The minimum atomic E-state index is -4.03. The third kappa shape index (κ3) is 6.64. The van der Waals surface area contributed by atoms with Crippen molar-refractivity contribution in [1.29, 1.82) is 0 Å². The Morgan fingerprint density at radius 1 is 1.31 bits per heavy atom. The predicted octanol–water partition coefficient (Wildman–Crippen LogP) is -1.11. The highest BCUT2D eigenvalue weighted by Gasteiger charge is 2.45. The Hall–Kier alpha value is -0.970. The fourth-order valence-corrected chi connectivity index (χ4v) is 3.98. The highest BCUT2D eigenvalue weighted by atomic mass is 32.2. The molecule has 0 aromatic rings. The largest absolute Gasteiger partial charge is 0.480 e. The van der Waals surface area contributed by atoms with Crippen LogP contribution in [-0.4, -0.2) is 69.2 Å². The molecule has 1 amide bonds. The number of hydrogen-bond acceptors (Lipinski definition) is 8. The van der Waals surface area contributed by atoms with Crippen molar-refractivity contribution < 1.29 is 28.9 Å². The quantitative estimate of drug-likeness (QED) is 0.169. The van der Waals surface area contributed by atoms with Gasteiger partial charge in [-0.2, -0.15) is 11.8 Å². The number of carbonyl (C=O) groups is 3. The Bertz CT molecular complexity index is 576. The van der Waals surface area contributed by atoms with Crippen LogP contribution in [0, 0.1) is 0 Å². The van der Waals surface area contributed by atoms with E-state index in [1.54, 1.807) is 6.26 Å². The number of thioether (sulfide) groups is 1. The van der Waals surface area contributed by atoms with Crippen LogP contribution in [0.25, 0.3) is 0 Å². The fourth-order valence-electron chi connectivity index (χ4n) is 2.15. The van der Waals surface area contributed by atoms with Crippen LogP contribution in [0.15, 0.2) is 0 Å². The SMILES string of the molecule is CCC[C@H](N)C(=O)[C@](N)(CSC)C(=O)NC(CP(=O)(O)C(C)N)C(=O)O. The van der Waals surface area contributed by atoms with Crippen LogP contribution in [0.2, 0.25) is 0 Å². The van der Waals surface area contributed by atoms with E-state index in [1.807, 2.05) is 6.92 Å². The summed E-state index contributed by atoms with van der Waals surface area (Å²) in [6.45, 7) is 3.07. The van der Waals surface area contributed by atoms with Crippen molar-refractivity contribution in [2.45, 2.75) is 50.1 Å². The van der Waals surface area contributed by atoms with Gasteiger partial charge in [0.2, 0.25) is 13.3 Å². The van der Waals surface area contributed by atoms with Crippen LogP contribution in [0.1, 0.15) is 26.7 Å². The number of carboxylic acid groups (broad SMARTS) is 1. The van der Waals surface area contributed by atoms with Gasteiger partial charge >= 0.3 is 5.97 Å². The second-order valence-corrected chi connectivity index (χ2v) is 9.76. The maximum Gasteiger partial charge on any atom is 0.326 e. The normalized spacial score (nSPS) is 19.5. The summed E-state index contributed by atoms with van der Waals surface area (Å²) >= 11 is 1.12. The average molecular weight is 412 g/mol. The van der Waals surface area contributed by atoms with Crippen molar-refractivity contribution >= 4 is 36.8 Å². The zero-order valence-corrected chi connectivity index (χ0v) is 16.9. The number of rotatable bonds is 12. The fraction of sp³-hybridized carbons (Fsp3) is 0.786. The molecule has 152 valence electrons. The van der Waals surface area contributed by atoms with Crippen LogP contribution in [0.3, 0.4) is 0 Å². The maximum absolute atomic E-state index is 12.6. The average Bonchev–Trinajstić information content (AvgIpc) is 2.53. The van der Waals surface area contributed by atoms with E-state index in [1.165, 1.54) is 6.92 Å². The third-order valence-electron chi connectivity index (χ3n) is 3.84. The highest BCUT2D eigenvalue weighted by molar-refractivity contribution is 7.98. The molecule has 12 heteroatoms. The molecule has 26 heavy (non-hydrogen) atoms. The Morgan fingerprint density at radius 3 is 2.23 bits per heavy atom. The molecule has 0 rings (SSSR count). The predicted molar refractivity (Wildman–Crippen MR) is 101 cm³/mol. The lowest BCUT2D eigenvalue weighted by molar-refractivity contribution is -0.143. The van der Waals surface area contributed by atoms with Gasteiger partial charge < -0.3 is 32.5 Å². The van der Waals surface area contributed by atoms with E-state index in [-0.39, 0.29) is 5.75 Å². The first-order chi connectivity index (χ1) is 11.8. The molecular formula is C14H29N4O6PS. The van der Waals surface area contributed by atoms with Gasteiger partial charge in [-0.05, 0) is 19.6 Å². The van der Waals surface area contributed by atoms with Crippen LogP contribution >= 0.6 is 19.1 Å². The van der Waals surface area contributed by atoms with Gasteiger partial charge in [-0.25, -0.2) is 4.79 Å². The van der Waals surface area contributed by atoms with E-state index in [0.717, 1.165) is 11.8 Å². The highest BCUT2D eigenvalue weighted by Crippen LogP contribution is 2.44. The summed E-state index contributed by atoms with van der Waals surface area (Å²) < 4.78 is 12.0. The van der Waals surface area contributed by atoms with Gasteiger partial charge in [-0.15, -0.1) is 0 Å². The summed E-state index contributed by atoms with van der Waals surface area (Å²) in [4.78, 5) is 46.3. The van der Waals surface area contributed by atoms with Gasteiger partial charge in [-0.1, -0.05) is 13.3 Å². The molecule has 0 aromatic heterocycles. The van der Waals surface area contributed by atoms with E-state index >= 15 is 0 Å². The van der Waals surface area contributed by atoms with E-state index in [2.05, 4.69) is 5.32 Å². The zero-order chi connectivity index (χ0) is 20.7. The van der Waals surface area contributed by atoms with Crippen LogP contribution in [0.5, 0.6) is 0 Å². The lowest BCUT2D eigenvalue weighted by Gasteiger charge is -2.30. The molecule has 0 heterocycles. The summed E-state index contributed by atoms with van der Waals surface area (Å²) in [7, 11) is -4.03. The molecule has 0 aliphatic heterocycles. The number of ketones is 1. The molecule has 0 aliphatic rings. The second-order valence-electron chi connectivity index (χ2n) is 6.21. The van der Waals surface area contributed by atoms with Gasteiger partial charge in [0.15, 0.2) is 11.3 Å². The molecular weight excluding hydrogens is 383 g/mol. The van der Waals surface area contributed by atoms with Crippen molar-refractivity contribution in [3.8, 4) is 0 Å². The smallest absolute Gasteiger partial charge is 0.326 e. The van der Waals surface area contributed by atoms with Gasteiger partial charge in [-0.3, -0.25) is 14.2 Å². The summed E-state index contributed by atoms with van der Waals surface area (Å²) in [6, 6.07) is -2.69. The van der Waals surface area contributed by atoms with Crippen molar-refractivity contribution in [2.75, 3.05) is 18.2 Å². The molecule has 0 aromatic carbocycles. The summed E-state index contributed by atoms with van der Waals surface area (Å²) in [5, 5.41) is 11.3. The number of nitrogens with one attached hydrogen (secondary N) is 1. The first kappa shape index (κ1) is 25.0. The van der Waals surface area contributed by atoms with Crippen LogP contribution in [0.4, 0.5) is 0 Å². The summed E-state index contributed by atoms with van der Waals surface area (Å²) in [5.74, 6) is -4.60. The first-order valence-electron chi connectivity index (χ1n) is 8.02. The van der Waals surface area contributed by atoms with Gasteiger partial charge in [0.1, 0.15) is 6.04 Å². The number of nitrogens with two attached hydrogens (primary N) is 3. The van der Waals surface area contributed by atoms with Crippen molar-refractivity contribution in [3.63, 3.8) is 0 Å². The molecule has 0 fully saturated rings. The lowest BCUT2D eigenvalue weighted by Crippen LogP contribution is -2.67. The van der Waals surface area contributed by atoms with Crippen molar-refractivity contribution in [1.82, 2.24) is 5.32 Å². The monoisotopic (exact) mass is 412 g/mol. The van der Waals surface area contributed by atoms with Gasteiger partial charge in [0.05, 0.1) is 18.0 Å². The Balaban J connectivity index is 5.54. The summed E-state index contributed by atoms with van der Waals surface area (Å²) in [6.07, 6.45) is 1.76. The lowest BCUT2D eigenvalue weighted by atomic mass is 9.89. The molecule has 3 unspecified atom stereocenters. The number of aliphatic carboxylic acids is 1. The maximum atomic E-state index is 12.6. The Morgan fingerprint density at radius 2 is 1.85 bits per heavy atom. The molecule has 10 nitrogen and oxygen atoms in total. The topological polar surface area (TPSA) is 199 Å². The molecule has 0 radical (unpaired) electrons. The standard InChI is InChI=1S/C14H29N4O6PS/c1-4-5-9(16)11(19)14(17,7-26-3)13(22)18-10(12(20)21)6-25(23,24)8(2)15/h8-10H,4-7,15-17H2,1-3H3,(H,18,22)(H,20,21)(H,23,24)/t8?,9-,10?,14+/m0/s1. The van der Waals surface area contributed by atoms with Gasteiger partial charge in [0, 0.05) is 5.75 Å².